The van der Waals surface area contributed by atoms with Crippen LogP contribution in [-0.4, -0.2) is 16.1 Å². The summed E-state index contributed by atoms with van der Waals surface area (Å²) in [7, 11) is 0.623. The van der Waals surface area contributed by atoms with E-state index in [1.54, 1.807) is 0 Å². The van der Waals surface area contributed by atoms with E-state index in [0.29, 0.717) is 23.3 Å². The van der Waals surface area contributed by atoms with E-state index < -0.39 is 34.6 Å². The molecule has 0 fully saturated rings. The molecule has 0 unspecified atom stereocenters. The fourth-order valence-corrected chi connectivity index (χ4v) is 2.21. The summed E-state index contributed by atoms with van der Waals surface area (Å²) in [4.78, 5) is 0. The third-order valence-corrected chi connectivity index (χ3v) is 4.66. The van der Waals surface area contributed by atoms with Gasteiger partial charge >= 0.3 is 0 Å². The van der Waals surface area contributed by atoms with Gasteiger partial charge in [-0.05, 0) is 33.1 Å². The van der Waals surface area contributed by atoms with Gasteiger partial charge in [0.1, 0.15) is 10.5 Å². The molecule has 120 valence electrons. The molecule has 0 aliphatic rings. The van der Waals surface area contributed by atoms with E-state index in [1.165, 1.54) is 0 Å². The lowest BCUT2D eigenvalue weighted by Crippen LogP contribution is -2.22. The summed E-state index contributed by atoms with van der Waals surface area (Å²) in [6.45, 7) is 3.90. The van der Waals surface area contributed by atoms with Crippen LogP contribution in [0.2, 0.25) is 0 Å². The minimum absolute atomic E-state index is 0.173. The van der Waals surface area contributed by atoms with Crippen LogP contribution in [0.1, 0.15) is 45.1 Å². The van der Waals surface area contributed by atoms with Crippen LogP contribution < -0.4 is 0 Å². The molecular formula is C14H19F5OSi. The largest absolute Gasteiger partial charge is 0.423 e. The molecule has 0 saturated carbocycles. The summed E-state index contributed by atoms with van der Waals surface area (Å²) in [5.41, 5.74) is -0.957. The molecule has 0 aromatic heterocycles. The Kier molecular flexibility index (Phi) is 6.34. The molecule has 0 saturated heterocycles. The molecule has 0 atom stereocenters. The van der Waals surface area contributed by atoms with E-state index in [-0.39, 0.29) is 12.0 Å². The fraction of sp³-hybridized carbons (Fsp3) is 0.571. The predicted molar refractivity (Wildman–Crippen MR) is 73.5 cm³/mol. The van der Waals surface area contributed by atoms with Gasteiger partial charge in [0.15, 0.2) is 23.3 Å². The maximum Gasteiger partial charge on any atom is 0.200 e. The number of halogens is 5. The van der Waals surface area contributed by atoms with Gasteiger partial charge in [0.2, 0.25) is 5.82 Å². The predicted octanol–water partition coefficient (Wildman–Crippen LogP) is 3.56. The number of benzene rings is 1. The Morgan fingerprint density at radius 1 is 0.810 bits per heavy atom. The van der Waals surface area contributed by atoms with Crippen LogP contribution in [0.15, 0.2) is 0 Å². The molecule has 0 bridgehead atoms. The smallest absolute Gasteiger partial charge is 0.200 e. The molecule has 0 radical (unpaired) electrons. The first kappa shape index (κ1) is 18.1. The Bertz CT molecular complexity index is 476. The average molecular weight is 326 g/mol. The van der Waals surface area contributed by atoms with Crippen LogP contribution in [0.25, 0.3) is 0 Å². The summed E-state index contributed by atoms with van der Waals surface area (Å²) < 4.78 is 71.1. The van der Waals surface area contributed by atoms with Crippen molar-refractivity contribution in [2.45, 2.75) is 51.6 Å². The lowest BCUT2D eigenvalue weighted by molar-refractivity contribution is 0.109. The van der Waals surface area contributed by atoms with Gasteiger partial charge in [0.05, 0.1) is 0 Å². The van der Waals surface area contributed by atoms with E-state index in [9.17, 15) is 22.0 Å². The summed E-state index contributed by atoms with van der Waals surface area (Å²) >= 11 is 0. The third kappa shape index (κ3) is 4.51. The molecule has 0 aliphatic heterocycles. The number of hydrogen-bond donors (Lipinski definition) is 0. The number of unbranched alkanes of at least 4 members (excludes halogenated alkanes) is 2. The van der Waals surface area contributed by atoms with Gasteiger partial charge in [-0.25, -0.2) is 22.0 Å². The molecule has 0 heterocycles. The highest BCUT2D eigenvalue weighted by Crippen LogP contribution is 2.25. The number of rotatable bonds is 7. The first-order valence-electron chi connectivity index (χ1n) is 6.76. The maximum atomic E-state index is 13.4. The van der Waals surface area contributed by atoms with Crippen molar-refractivity contribution in [1.29, 1.82) is 0 Å². The zero-order chi connectivity index (χ0) is 16.2. The van der Waals surface area contributed by atoms with Gasteiger partial charge < -0.3 is 4.43 Å². The highest BCUT2D eigenvalue weighted by atomic mass is 28.2. The van der Waals surface area contributed by atoms with Crippen molar-refractivity contribution >= 4 is 10.5 Å². The second-order valence-electron chi connectivity index (χ2n) is 5.57. The first-order valence-corrected chi connectivity index (χ1v) is 7.58. The zero-order valence-electron chi connectivity index (χ0n) is 12.3. The molecule has 1 nitrogen and oxygen atoms in total. The van der Waals surface area contributed by atoms with Gasteiger partial charge in [-0.2, -0.15) is 0 Å². The molecule has 0 amide bonds. The minimum atomic E-state index is -2.11. The quantitative estimate of drug-likeness (QED) is 0.245. The monoisotopic (exact) mass is 326 g/mol. The van der Waals surface area contributed by atoms with Crippen LogP contribution in [0, 0.1) is 29.1 Å². The van der Waals surface area contributed by atoms with Gasteiger partial charge in [-0.15, -0.1) is 0 Å². The normalized spacial score (nSPS) is 12.1. The molecule has 1 aromatic rings. The van der Waals surface area contributed by atoms with Crippen molar-refractivity contribution in [3.8, 4) is 0 Å². The van der Waals surface area contributed by atoms with Crippen LogP contribution in [0.3, 0.4) is 0 Å². The molecule has 0 aliphatic carbocycles. The van der Waals surface area contributed by atoms with Crippen molar-refractivity contribution in [1.82, 2.24) is 0 Å². The Labute approximate surface area is 124 Å². The third-order valence-electron chi connectivity index (χ3n) is 3.56. The summed E-state index contributed by atoms with van der Waals surface area (Å²) in [6, 6.07) is 0. The Balaban J connectivity index is 2.61. The van der Waals surface area contributed by atoms with E-state index in [1.807, 2.05) is 13.8 Å². The average Bonchev–Trinajstić information content (AvgIpc) is 2.46. The molecule has 7 heteroatoms. The minimum Gasteiger partial charge on any atom is -0.423 e. The fourth-order valence-electron chi connectivity index (χ4n) is 2.00. The Morgan fingerprint density at radius 3 is 1.76 bits per heavy atom. The van der Waals surface area contributed by atoms with Crippen molar-refractivity contribution in [3.63, 3.8) is 0 Å². The lowest BCUT2D eigenvalue weighted by atomic mass is 9.98. The topological polar surface area (TPSA) is 9.23 Å². The van der Waals surface area contributed by atoms with Crippen molar-refractivity contribution < 1.29 is 26.4 Å². The molecule has 21 heavy (non-hydrogen) atoms. The van der Waals surface area contributed by atoms with Gasteiger partial charge in [0, 0.05) is 11.2 Å². The van der Waals surface area contributed by atoms with Gasteiger partial charge in [-0.3, -0.25) is 0 Å². The van der Waals surface area contributed by atoms with Crippen molar-refractivity contribution in [2.24, 2.45) is 0 Å². The molecular weight excluding hydrogens is 307 g/mol. The highest BCUT2D eigenvalue weighted by Gasteiger charge is 2.25. The van der Waals surface area contributed by atoms with Gasteiger partial charge in [-0.1, -0.05) is 12.8 Å². The van der Waals surface area contributed by atoms with E-state index in [4.69, 9.17) is 4.43 Å². The van der Waals surface area contributed by atoms with E-state index >= 15 is 0 Å². The van der Waals surface area contributed by atoms with Crippen molar-refractivity contribution in [2.75, 3.05) is 0 Å². The standard InChI is InChI=1S/C14H19F5OSi/c1-14(2,20-21)7-5-3-4-6-8-9(15)11(17)13(19)12(18)10(8)16/h3-7H2,1-2,21H3. The summed E-state index contributed by atoms with van der Waals surface area (Å²) in [5.74, 6) is -9.33. The Morgan fingerprint density at radius 2 is 1.29 bits per heavy atom. The van der Waals surface area contributed by atoms with Gasteiger partial charge in [0.25, 0.3) is 0 Å². The zero-order valence-corrected chi connectivity index (χ0v) is 14.3. The number of hydrogen-bond acceptors (Lipinski definition) is 1. The Hall–Kier alpha value is -0.953. The molecule has 1 rings (SSSR count). The van der Waals surface area contributed by atoms with Crippen LogP contribution >= 0.6 is 0 Å². The van der Waals surface area contributed by atoms with E-state index in [2.05, 4.69) is 0 Å². The lowest BCUT2D eigenvalue weighted by Gasteiger charge is -2.23. The van der Waals surface area contributed by atoms with Crippen LogP contribution in [0.4, 0.5) is 22.0 Å². The maximum absolute atomic E-state index is 13.4. The highest BCUT2D eigenvalue weighted by molar-refractivity contribution is 5.98. The summed E-state index contributed by atoms with van der Waals surface area (Å²) in [6.07, 6.45) is 2.37. The first-order chi connectivity index (χ1) is 9.71. The molecule has 0 N–H and O–H groups in total. The SMILES string of the molecule is CC(C)(CCCCCc1c(F)c(F)c(F)c(F)c1F)O[SiH3]. The summed E-state index contributed by atoms with van der Waals surface area (Å²) in [5, 5.41) is 0. The molecule has 0 spiro atoms. The van der Waals surface area contributed by atoms with Crippen LogP contribution in [0.5, 0.6) is 0 Å². The van der Waals surface area contributed by atoms with Crippen molar-refractivity contribution in [3.05, 3.63) is 34.6 Å². The van der Waals surface area contributed by atoms with Crippen LogP contribution in [-0.2, 0) is 10.8 Å². The van der Waals surface area contributed by atoms with E-state index in [0.717, 1.165) is 12.8 Å². The second-order valence-corrected chi connectivity index (χ2v) is 5.98. The second kappa shape index (κ2) is 7.35. The molecule has 1 aromatic carbocycles.